The summed E-state index contributed by atoms with van der Waals surface area (Å²) in [6.07, 6.45) is 3.36. The van der Waals surface area contributed by atoms with Crippen LogP contribution in [-0.4, -0.2) is 52.8 Å². The summed E-state index contributed by atoms with van der Waals surface area (Å²) in [7, 11) is -0.728. The van der Waals surface area contributed by atoms with Gasteiger partial charge in [0.05, 0.1) is 11.1 Å². The second kappa shape index (κ2) is 11.1. The topological polar surface area (TPSA) is 127 Å². The number of rotatable bonds is 9. The number of hydrogen-bond acceptors (Lipinski definition) is 5. The van der Waals surface area contributed by atoms with E-state index in [1.165, 1.54) is 35.8 Å². The number of nitrogens with zero attached hydrogens (tertiary/aromatic N) is 3. The van der Waals surface area contributed by atoms with Gasteiger partial charge in [-0.15, -0.1) is 0 Å². The van der Waals surface area contributed by atoms with Crippen molar-refractivity contribution in [3.8, 4) is 11.3 Å². The minimum Gasteiger partial charge on any atom is -0.423 e. The van der Waals surface area contributed by atoms with Crippen molar-refractivity contribution in [2.24, 2.45) is 0 Å². The van der Waals surface area contributed by atoms with E-state index in [0.717, 1.165) is 34.8 Å². The highest BCUT2D eigenvalue weighted by Gasteiger charge is 2.31. The molecular formula is C26H24BF3N4O5S. The number of hydrogen-bond donors (Lipinski definition) is 4. The van der Waals surface area contributed by atoms with E-state index < -0.39 is 53.8 Å². The molecule has 0 bridgehead atoms. The average Bonchev–Trinajstić information content (AvgIpc) is 3.70. The summed E-state index contributed by atoms with van der Waals surface area (Å²) in [4.78, 5) is 12.9. The number of aromatic nitrogens is 2. The molecule has 2 heterocycles. The fourth-order valence-electron chi connectivity index (χ4n) is 4.68. The second-order valence-corrected chi connectivity index (χ2v) is 10.5. The number of carbonyl (C=O) groups excluding carboxylic acids is 1. The zero-order valence-corrected chi connectivity index (χ0v) is 22.0. The van der Waals surface area contributed by atoms with E-state index in [1.54, 1.807) is 12.3 Å². The Balaban J connectivity index is 1.57. The maximum atomic E-state index is 14.7. The minimum absolute atomic E-state index is 0.134. The predicted molar refractivity (Wildman–Crippen MR) is 142 cm³/mol. The van der Waals surface area contributed by atoms with E-state index >= 15 is 0 Å². The van der Waals surface area contributed by atoms with Crippen LogP contribution in [0.4, 0.5) is 13.2 Å². The zero-order chi connectivity index (χ0) is 28.7. The molecule has 1 aliphatic rings. The molecule has 2 aromatic carbocycles. The Bertz CT molecular complexity index is 1630. The molecule has 4 aromatic rings. The van der Waals surface area contributed by atoms with Crippen molar-refractivity contribution in [3.63, 3.8) is 0 Å². The van der Waals surface area contributed by atoms with Gasteiger partial charge in [0.25, 0.3) is 5.91 Å². The fraction of sp³-hybridized carbons (Fsp3) is 0.231. The van der Waals surface area contributed by atoms with E-state index in [4.69, 9.17) is 0 Å². The third-order valence-corrected chi connectivity index (χ3v) is 7.56. The van der Waals surface area contributed by atoms with Crippen molar-refractivity contribution in [2.45, 2.75) is 31.8 Å². The largest absolute Gasteiger partial charge is 0.491 e. The lowest BCUT2D eigenvalue weighted by Gasteiger charge is -2.21. The Kier molecular flexibility index (Phi) is 7.79. The minimum atomic E-state index is -2.59. The van der Waals surface area contributed by atoms with E-state index in [9.17, 15) is 36.8 Å². The molecule has 1 fully saturated rings. The molecule has 1 amide bonds. The van der Waals surface area contributed by atoms with Crippen molar-refractivity contribution in [2.75, 3.05) is 7.05 Å². The van der Waals surface area contributed by atoms with Crippen LogP contribution >= 0.6 is 0 Å². The van der Waals surface area contributed by atoms with Gasteiger partial charge in [-0.05, 0) is 60.2 Å². The molecule has 2 aromatic heterocycles. The first-order chi connectivity index (χ1) is 19.1. The van der Waals surface area contributed by atoms with Gasteiger partial charge in [-0.1, -0.05) is 12.1 Å². The normalized spacial score (nSPS) is 14.1. The Morgan fingerprint density at radius 3 is 2.38 bits per heavy atom. The molecule has 14 heteroatoms. The molecule has 0 aliphatic heterocycles. The smallest absolute Gasteiger partial charge is 0.423 e. The van der Waals surface area contributed by atoms with Crippen molar-refractivity contribution < 1.29 is 36.8 Å². The van der Waals surface area contributed by atoms with Gasteiger partial charge in [-0.3, -0.25) is 9.35 Å². The van der Waals surface area contributed by atoms with E-state index in [-0.39, 0.29) is 23.6 Å². The fourth-order valence-corrected chi connectivity index (χ4v) is 5.18. The summed E-state index contributed by atoms with van der Waals surface area (Å²) in [6, 6.07) is 9.47. The number of fused-ring (bicyclic) bond motifs is 1. The van der Waals surface area contributed by atoms with Gasteiger partial charge < -0.3 is 15.4 Å². The number of amides is 1. The van der Waals surface area contributed by atoms with Crippen molar-refractivity contribution in [1.82, 2.24) is 19.2 Å². The van der Waals surface area contributed by atoms with Gasteiger partial charge in [0.1, 0.15) is 11.5 Å². The number of halogens is 3. The van der Waals surface area contributed by atoms with Gasteiger partial charge >= 0.3 is 7.12 Å². The number of benzene rings is 2. The van der Waals surface area contributed by atoms with Crippen LogP contribution in [0.3, 0.4) is 0 Å². The molecule has 0 radical (unpaired) electrons. The molecule has 1 aliphatic carbocycles. The van der Waals surface area contributed by atoms with Crippen molar-refractivity contribution in [1.29, 1.82) is 0 Å². The van der Waals surface area contributed by atoms with Gasteiger partial charge in [0, 0.05) is 42.9 Å². The lowest BCUT2D eigenvalue weighted by Crippen LogP contribution is -2.34. The molecular weight excluding hydrogens is 548 g/mol. The highest BCUT2D eigenvalue weighted by Crippen LogP contribution is 2.43. The first kappa shape index (κ1) is 28.0. The summed E-state index contributed by atoms with van der Waals surface area (Å²) in [5, 5.41) is 25.6. The van der Waals surface area contributed by atoms with Crippen LogP contribution in [0.25, 0.3) is 16.8 Å². The standard InChI is InChI=1S/C26H24BF3N4O5S/c1-31-26(35)22-21-10-19(14-2-3-14)17(13-34(21)32-25(22)15-4-7-18(28)8-5-15)12-33(40(38)39)11-16-6-9-20(27(36)37)24(30)23(16)29/h4-10,13-14,36-37H,2-3,11-12H2,1H3,(H,31,35)(H,38,39). The summed E-state index contributed by atoms with van der Waals surface area (Å²) >= 11 is -2.59. The van der Waals surface area contributed by atoms with Gasteiger partial charge in [-0.25, -0.2) is 21.9 Å². The first-order valence-electron chi connectivity index (χ1n) is 12.3. The van der Waals surface area contributed by atoms with Crippen LogP contribution in [0.5, 0.6) is 0 Å². The summed E-state index contributed by atoms with van der Waals surface area (Å²) in [5.41, 5.74) is 2.14. The number of carbonyl (C=O) groups is 1. The molecule has 208 valence electrons. The third kappa shape index (κ3) is 5.40. The Morgan fingerprint density at radius 1 is 1.10 bits per heavy atom. The highest BCUT2D eigenvalue weighted by molar-refractivity contribution is 7.76. The zero-order valence-electron chi connectivity index (χ0n) is 21.1. The van der Waals surface area contributed by atoms with Crippen LogP contribution in [0.2, 0.25) is 0 Å². The lowest BCUT2D eigenvalue weighted by molar-refractivity contribution is 0.0965. The van der Waals surface area contributed by atoms with Crippen LogP contribution in [0.1, 0.15) is 45.8 Å². The maximum Gasteiger partial charge on any atom is 0.491 e. The molecule has 40 heavy (non-hydrogen) atoms. The molecule has 9 nitrogen and oxygen atoms in total. The summed E-state index contributed by atoms with van der Waals surface area (Å²) in [5.74, 6) is -3.51. The monoisotopic (exact) mass is 572 g/mol. The average molecular weight is 572 g/mol. The molecule has 1 unspecified atom stereocenters. The molecule has 4 N–H and O–H groups in total. The van der Waals surface area contributed by atoms with Crippen LogP contribution < -0.4 is 10.8 Å². The van der Waals surface area contributed by atoms with Crippen LogP contribution in [0.15, 0.2) is 48.7 Å². The van der Waals surface area contributed by atoms with Crippen LogP contribution in [-0.2, 0) is 24.4 Å². The number of nitrogens with one attached hydrogen (secondary N) is 1. The SMILES string of the molecule is CNC(=O)c1c(-c2ccc(F)cc2)nn2cc(CN(Cc3ccc(B(O)O)c(F)c3F)S(=O)O)c(C3CC3)cc12. The number of pyridine rings is 1. The lowest BCUT2D eigenvalue weighted by atomic mass is 9.79. The molecule has 1 saturated carbocycles. The van der Waals surface area contributed by atoms with Crippen molar-refractivity contribution >= 4 is 35.3 Å². The predicted octanol–water partition coefficient (Wildman–Crippen LogP) is 2.47. The van der Waals surface area contributed by atoms with E-state index in [0.29, 0.717) is 22.3 Å². The molecule has 1 atom stereocenters. The second-order valence-electron chi connectivity index (χ2n) is 9.51. The Morgan fingerprint density at radius 2 is 1.77 bits per heavy atom. The van der Waals surface area contributed by atoms with Gasteiger partial charge in [0.15, 0.2) is 11.6 Å². The van der Waals surface area contributed by atoms with Crippen LogP contribution in [0, 0.1) is 17.5 Å². The summed E-state index contributed by atoms with van der Waals surface area (Å²) < 4.78 is 67.3. The van der Waals surface area contributed by atoms with Gasteiger partial charge in [-0.2, -0.15) is 9.40 Å². The quantitative estimate of drug-likeness (QED) is 0.180. The molecule has 0 spiro atoms. The molecule has 5 rings (SSSR count). The maximum absolute atomic E-state index is 14.7. The Hall–Kier alpha value is -3.56. The van der Waals surface area contributed by atoms with Gasteiger partial charge in [0.2, 0.25) is 11.3 Å². The molecule has 0 saturated heterocycles. The first-order valence-corrected chi connectivity index (χ1v) is 13.4. The van der Waals surface area contributed by atoms with Crippen molar-refractivity contribution in [3.05, 3.63) is 88.4 Å². The van der Waals surface area contributed by atoms with E-state index in [2.05, 4.69) is 10.4 Å². The third-order valence-electron chi connectivity index (χ3n) is 6.86. The Labute approximate surface area is 229 Å². The summed E-state index contributed by atoms with van der Waals surface area (Å²) in [6.45, 7) is -0.601. The highest BCUT2D eigenvalue weighted by atomic mass is 32.2. The van der Waals surface area contributed by atoms with E-state index in [1.807, 2.05) is 0 Å².